The summed E-state index contributed by atoms with van der Waals surface area (Å²) in [5.74, 6) is 0. The van der Waals surface area contributed by atoms with Crippen LogP contribution >= 0.6 is 0 Å². The highest BCUT2D eigenvalue weighted by Crippen LogP contribution is 2.14. The molecule has 11 heavy (non-hydrogen) atoms. The summed E-state index contributed by atoms with van der Waals surface area (Å²) in [5, 5.41) is 3.70. The van der Waals surface area contributed by atoms with Gasteiger partial charge in [0.15, 0.2) is 0 Å². The van der Waals surface area contributed by atoms with Crippen LogP contribution in [-0.2, 0) is 0 Å². The Labute approximate surface area is 64.5 Å². The maximum absolute atomic E-state index is 4.54. The molecule has 2 rings (SSSR count). The van der Waals surface area contributed by atoms with Crippen molar-refractivity contribution in [2.75, 3.05) is 0 Å². The number of nitrogens with zero attached hydrogens (tertiary/aromatic N) is 1. The van der Waals surface area contributed by atoms with E-state index in [1.165, 1.54) is 0 Å². The molecule has 0 amide bonds. The van der Waals surface area contributed by atoms with E-state index in [1.54, 1.807) is 0 Å². The SMILES string of the molecule is [c]1[c]c(-c2ccccc2)no1. The van der Waals surface area contributed by atoms with Crippen LogP contribution in [0.15, 0.2) is 34.9 Å². The average molecular weight is 143 g/mol. The number of hydrogen-bond acceptors (Lipinski definition) is 2. The predicted octanol–water partition coefficient (Wildman–Crippen LogP) is 1.94. The van der Waals surface area contributed by atoms with Gasteiger partial charge in [0.05, 0.1) is 6.07 Å². The molecule has 1 aromatic heterocycles. The van der Waals surface area contributed by atoms with E-state index in [1.807, 2.05) is 30.3 Å². The summed E-state index contributed by atoms with van der Waals surface area (Å²) in [6, 6.07) is 12.5. The van der Waals surface area contributed by atoms with Gasteiger partial charge in [0.1, 0.15) is 5.69 Å². The summed E-state index contributed by atoms with van der Waals surface area (Å²) in [5.41, 5.74) is 1.70. The Morgan fingerprint density at radius 1 is 1.18 bits per heavy atom. The van der Waals surface area contributed by atoms with Gasteiger partial charge in [-0.3, -0.25) is 0 Å². The average Bonchev–Trinajstić information content (AvgIpc) is 2.58. The second-order valence-electron chi connectivity index (χ2n) is 2.12. The van der Waals surface area contributed by atoms with Crippen molar-refractivity contribution >= 4 is 0 Å². The first-order valence-electron chi connectivity index (χ1n) is 3.27. The van der Waals surface area contributed by atoms with Gasteiger partial charge in [-0.15, -0.1) is 0 Å². The van der Waals surface area contributed by atoms with Crippen molar-refractivity contribution in [1.82, 2.24) is 5.16 Å². The van der Waals surface area contributed by atoms with Crippen molar-refractivity contribution in [3.05, 3.63) is 42.7 Å². The van der Waals surface area contributed by atoms with Gasteiger partial charge in [0, 0.05) is 5.56 Å². The molecule has 0 saturated heterocycles. The van der Waals surface area contributed by atoms with E-state index >= 15 is 0 Å². The molecule has 0 aliphatic heterocycles. The predicted molar refractivity (Wildman–Crippen MR) is 39.6 cm³/mol. The number of aromatic nitrogens is 1. The van der Waals surface area contributed by atoms with E-state index in [9.17, 15) is 0 Å². The van der Waals surface area contributed by atoms with E-state index in [-0.39, 0.29) is 0 Å². The molecule has 2 aromatic rings. The van der Waals surface area contributed by atoms with Gasteiger partial charge in [-0.2, -0.15) is 0 Å². The largest absolute Gasteiger partial charge is 0.351 e. The molecule has 0 bridgehead atoms. The highest BCUT2D eigenvalue weighted by Gasteiger charge is 1.98. The first kappa shape index (κ1) is 6.16. The molecular formula is C9H5NO. The van der Waals surface area contributed by atoms with E-state index < -0.39 is 0 Å². The third-order valence-electron chi connectivity index (χ3n) is 1.40. The molecule has 1 aromatic carbocycles. The van der Waals surface area contributed by atoms with Crippen molar-refractivity contribution in [2.24, 2.45) is 0 Å². The zero-order chi connectivity index (χ0) is 7.52. The third-order valence-corrected chi connectivity index (χ3v) is 1.40. The highest BCUT2D eigenvalue weighted by molar-refractivity contribution is 5.56. The fourth-order valence-corrected chi connectivity index (χ4v) is 0.883. The summed E-state index contributed by atoms with van der Waals surface area (Å²) < 4.78 is 4.54. The third kappa shape index (κ3) is 1.15. The maximum atomic E-state index is 4.54. The zero-order valence-electron chi connectivity index (χ0n) is 5.74. The second-order valence-corrected chi connectivity index (χ2v) is 2.12. The van der Waals surface area contributed by atoms with Crippen LogP contribution in [0.4, 0.5) is 0 Å². The molecule has 2 heteroatoms. The topological polar surface area (TPSA) is 26.0 Å². The van der Waals surface area contributed by atoms with Crippen LogP contribution in [-0.4, -0.2) is 5.16 Å². The molecule has 0 N–H and O–H groups in total. The molecule has 1 heterocycles. The van der Waals surface area contributed by atoms with Gasteiger partial charge in [0.2, 0.25) is 6.26 Å². The molecule has 52 valence electrons. The lowest BCUT2D eigenvalue weighted by Crippen LogP contribution is -1.73. The summed E-state index contributed by atoms with van der Waals surface area (Å²) >= 11 is 0. The van der Waals surface area contributed by atoms with Crippen LogP contribution in [0.5, 0.6) is 0 Å². The molecule has 0 aliphatic rings. The molecular weight excluding hydrogens is 138 g/mol. The fraction of sp³-hybridized carbons (Fsp3) is 0. The van der Waals surface area contributed by atoms with Gasteiger partial charge < -0.3 is 4.52 Å². The van der Waals surface area contributed by atoms with Crippen LogP contribution in [0.25, 0.3) is 11.3 Å². The first-order chi connectivity index (χ1) is 5.47. The number of benzene rings is 1. The zero-order valence-corrected chi connectivity index (χ0v) is 5.74. The maximum Gasteiger partial charge on any atom is 0.214 e. The molecule has 0 atom stereocenters. The number of hydrogen-bond donors (Lipinski definition) is 0. The minimum atomic E-state index is 0.700. The molecule has 0 unspecified atom stereocenters. The molecule has 2 nitrogen and oxygen atoms in total. The fourth-order valence-electron chi connectivity index (χ4n) is 0.883. The Morgan fingerprint density at radius 2 is 2.00 bits per heavy atom. The smallest absolute Gasteiger partial charge is 0.214 e. The van der Waals surface area contributed by atoms with Crippen LogP contribution < -0.4 is 0 Å². The monoisotopic (exact) mass is 143 g/mol. The van der Waals surface area contributed by atoms with Gasteiger partial charge >= 0.3 is 0 Å². The summed E-state index contributed by atoms with van der Waals surface area (Å²) in [6.07, 6.45) is 2.42. The lowest BCUT2D eigenvalue weighted by atomic mass is 10.2. The lowest BCUT2D eigenvalue weighted by Gasteiger charge is -1.90. The van der Waals surface area contributed by atoms with E-state index in [4.69, 9.17) is 0 Å². The van der Waals surface area contributed by atoms with Gasteiger partial charge in [-0.25, -0.2) is 0 Å². The quantitative estimate of drug-likeness (QED) is 0.609. The minimum absolute atomic E-state index is 0.700. The van der Waals surface area contributed by atoms with Gasteiger partial charge in [-0.1, -0.05) is 35.5 Å². The van der Waals surface area contributed by atoms with E-state index in [2.05, 4.69) is 22.0 Å². The molecule has 0 spiro atoms. The van der Waals surface area contributed by atoms with E-state index in [0.29, 0.717) is 5.69 Å². The van der Waals surface area contributed by atoms with Crippen molar-refractivity contribution in [3.63, 3.8) is 0 Å². The van der Waals surface area contributed by atoms with Gasteiger partial charge in [0.25, 0.3) is 0 Å². The second kappa shape index (κ2) is 2.58. The molecule has 0 saturated carbocycles. The normalized spacial score (nSPS) is 9.82. The van der Waals surface area contributed by atoms with Crippen molar-refractivity contribution in [3.8, 4) is 11.3 Å². The van der Waals surface area contributed by atoms with Crippen molar-refractivity contribution < 1.29 is 4.52 Å². The standard InChI is InChI=1S/C9H5NO/c1-2-4-8(5-3-1)9-6-7-11-10-9/h1-5H. The van der Waals surface area contributed by atoms with Crippen LogP contribution in [0, 0.1) is 12.3 Å². The summed E-state index contributed by atoms with van der Waals surface area (Å²) in [6.45, 7) is 0. The Hall–Kier alpha value is -1.57. The molecule has 0 aliphatic carbocycles. The summed E-state index contributed by atoms with van der Waals surface area (Å²) in [7, 11) is 0. The molecule has 2 radical (unpaired) electrons. The van der Waals surface area contributed by atoms with Gasteiger partial charge in [-0.05, 0) is 0 Å². The minimum Gasteiger partial charge on any atom is -0.351 e. The summed E-state index contributed by atoms with van der Waals surface area (Å²) in [4.78, 5) is 0. The Kier molecular flexibility index (Phi) is 1.44. The van der Waals surface area contributed by atoms with Crippen molar-refractivity contribution in [2.45, 2.75) is 0 Å². The Bertz CT molecular complexity index is 313. The van der Waals surface area contributed by atoms with Crippen LogP contribution in [0.2, 0.25) is 0 Å². The molecule has 0 fully saturated rings. The number of rotatable bonds is 1. The highest BCUT2D eigenvalue weighted by atomic mass is 16.5. The van der Waals surface area contributed by atoms with Crippen LogP contribution in [0.1, 0.15) is 0 Å². The van der Waals surface area contributed by atoms with Crippen LogP contribution in [0.3, 0.4) is 0 Å². The lowest BCUT2D eigenvalue weighted by molar-refractivity contribution is 0.415. The van der Waals surface area contributed by atoms with E-state index in [0.717, 1.165) is 5.56 Å². The van der Waals surface area contributed by atoms with Crippen molar-refractivity contribution in [1.29, 1.82) is 0 Å². The Balaban J connectivity index is 2.46. The Morgan fingerprint density at radius 3 is 2.64 bits per heavy atom. The first-order valence-corrected chi connectivity index (χ1v) is 3.27.